The quantitative estimate of drug-likeness (QED) is 0.625. The van der Waals surface area contributed by atoms with Crippen LogP contribution in [-0.2, 0) is 0 Å². The molecule has 0 bridgehead atoms. The molecule has 2 rings (SSSR count). The first-order valence-electron chi connectivity index (χ1n) is 6.25. The molecule has 94 valence electrons. The summed E-state index contributed by atoms with van der Waals surface area (Å²) in [6.07, 6.45) is 0. The summed E-state index contributed by atoms with van der Waals surface area (Å²) < 4.78 is 0. The Morgan fingerprint density at radius 2 is 1.72 bits per heavy atom. The van der Waals surface area contributed by atoms with E-state index in [0.29, 0.717) is 0 Å². The molecule has 0 aliphatic rings. The second kappa shape index (κ2) is 6.50. The van der Waals surface area contributed by atoms with Gasteiger partial charge in [0.1, 0.15) is 0 Å². The van der Waals surface area contributed by atoms with Crippen LogP contribution in [0.3, 0.4) is 0 Å². The van der Waals surface area contributed by atoms with Gasteiger partial charge in [-0.3, -0.25) is 0 Å². The third-order valence-electron chi connectivity index (χ3n) is 3.03. The van der Waals surface area contributed by atoms with Crippen molar-refractivity contribution in [1.29, 1.82) is 0 Å². The van der Waals surface area contributed by atoms with Crippen LogP contribution in [0.2, 0.25) is 0 Å². The van der Waals surface area contributed by atoms with Gasteiger partial charge in [0, 0.05) is 22.9 Å². The minimum atomic E-state index is 0.990. The van der Waals surface area contributed by atoms with Gasteiger partial charge in [-0.15, -0.1) is 11.8 Å². The fourth-order valence-corrected chi connectivity index (χ4v) is 2.60. The van der Waals surface area contributed by atoms with Crippen LogP contribution < -0.4 is 5.32 Å². The number of hydrogen-bond donors (Lipinski definition) is 1. The number of benzene rings is 2. The number of hydrogen-bond acceptors (Lipinski definition) is 2. The minimum absolute atomic E-state index is 0.990. The summed E-state index contributed by atoms with van der Waals surface area (Å²) >= 11 is 1.89. The second-order valence-electron chi connectivity index (χ2n) is 4.34. The van der Waals surface area contributed by atoms with E-state index in [0.717, 1.165) is 12.3 Å². The number of rotatable bonds is 5. The van der Waals surface area contributed by atoms with Crippen molar-refractivity contribution in [3.05, 3.63) is 59.7 Å². The first kappa shape index (κ1) is 13.0. The van der Waals surface area contributed by atoms with Gasteiger partial charge in [-0.2, -0.15) is 0 Å². The summed E-state index contributed by atoms with van der Waals surface area (Å²) in [4.78, 5) is 1.33. The molecule has 0 aliphatic carbocycles. The van der Waals surface area contributed by atoms with Crippen LogP contribution in [0.4, 0.5) is 5.69 Å². The largest absolute Gasteiger partial charge is 0.384 e. The van der Waals surface area contributed by atoms with Crippen molar-refractivity contribution in [1.82, 2.24) is 0 Å². The van der Waals surface area contributed by atoms with Crippen LogP contribution in [0.1, 0.15) is 11.1 Å². The van der Waals surface area contributed by atoms with Crippen LogP contribution >= 0.6 is 11.8 Å². The van der Waals surface area contributed by atoms with Crippen LogP contribution in [0.15, 0.2) is 53.4 Å². The van der Waals surface area contributed by atoms with Gasteiger partial charge in [0.25, 0.3) is 0 Å². The van der Waals surface area contributed by atoms with Gasteiger partial charge in [0.05, 0.1) is 0 Å². The molecule has 0 saturated heterocycles. The molecule has 1 nitrogen and oxygen atoms in total. The van der Waals surface area contributed by atoms with Crippen molar-refractivity contribution in [3.63, 3.8) is 0 Å². The predicted octanol–water partition coefficient (Wildman–Crippen LogP) is 4.51. The normalized spacial score (nSPS) is 10.3. The van der Waals surface area contributed by atoms with Crippen molar-refractivity contribution in [2.75, 3.05) is 17.6 Å². The molecule has 0 aromatic heterocycles. The van der Waals surface area contributed by atoms with Gasteiger partial charge in [-0.25, -0.2) is 0 Å². The van der Waals surface area contributed by atoms with Crippen LogP contribution in [0.5, 0.6) is 0 Å². The van der Waals surface area contributed by atoms with Gasteiger partial charge in [0.15, 0.2) is 0 Å². The Labute approximate surface area is 114 Å². The lowest BCUT2D eigenvalue weighted by atomic mass is 10.1. The first-order chi connectivity index (χ1) is 8.77. The Hall–Kier alpha value is -1.41. The van der Waals surface area contributed by atoms with E-state index in [2.05, 4.69) is 67.7 Å². The molecule has 1 N–H and O–H groups in total. The molecule has 0 saturated carbocycles. The molecule has 0 unspecified atom stereocenters. The van der Waals surface area contributed by atoms with Crippen molar-refractivity contribution < 1.29 is 0 Å². The average Bonchev–Trinajstić information content (AvgIpc) is 2.40. The maximum atomic E-state index is 3.50. The zero-order chi connectivity index (χ0) is 12.8. The number of nitrogens with one attached hydrogen (secondary N) is 1. The zero-order valence-corrected chi connectivity index (χ0v) is 11.8. The second-order valence-corrected chi connectivity index (χ2v) is 5.50. The fraction of sp³-hybridized carbons (Fsp3) is 0.250. The summed E-state index contributed by atoms with van der Waals surface area (Å²) in [5.74, 6) is 1.08. The third-order valence-corrected chi connectivity index (χ3v) is 4.05. The Kier molecular flexibility index (Phi) is 4.71. The number of thioether (sulfide) groups is 1. The maximum absolute atomic E-state index is 3.50. The Morgan fingerprint density at radius 1 is 0.944 bits per heavy atom. The molecule has 0 radical (unpaired) electrons. The molecule has 2 aromatic rings. The Bertz CT molecular complexity index is 494. The summed E-state index contributed by atoms with van der Waals surface area (Å²) in [6, 6.07) is 16.9. The van der Waals surface area contributed by atoms with Crippen molar-refractivity contribution in [3.8, 4) is 0 Å². The molecule has 0 spiro atoms. The molecule has 0 aliphatic heterocycles. The minimum Gasteiger partial charge on any atom is -0.384 e. The molecule has 18 heavy (non-hydrogen) atoms. The molecule has 0 heterocycles. The smallest absolute Gasteiger partial charge is 0.0372 e. The van der Waals surface area contributed by atoms with E-state index < -0.39 is 0 Å². The lowest BCUT2D eigenvalue weighted by Gasteiger charge is -2.11. The number of aryl methyl sites for hydroxylation is 1. The monoisotopic (exact) mass is 257 g/mol. The summed E-state index contributed by atoms with van der Waals surface area (Å²) in [6.45, 7) is 5.31. The van der Waals surface area contributed by atoms with E-state index in [9.17, 15) is 0 Å². The highest BCUT2D eigenvalue weighted by Gasteiger charge is 1.99. The lowest BCUT2D eigenvalue weighted by molar-refractivity contribution is 1.20. The maximum Gasteiger partial charge on any atom is 0.0372 e. The summed E-state index contributed by atoms with van der Waals surface area (Å²) in [5.41, 5.74) is 3.95. The summed E-state index contributed by atoms with van der Waals surface area (Å²) in [7, 11) is 0. The molecule has 2 aromatic carbocycles. The SMILES string of the molecule is Cc1cccc(NCCSc2ccccc2)c1C. The molecule has 0 amide bonds. The fourth-order valence-electron chi connectivity index (χ4n) is 1.81. The third kappa shape index (κ3) is 3.54. The highest BCUT2D eigenvalue weighted by Crippen LogP contribution is 2.19. The van der Waals surface area contributed by atoms with Crippen LogP contribution in [0.25, 0.3) is 0 Å². The standard InChI is InChI=1S/C16H19NS/c1-13-7-6-10-16(14(13)2)17-11-12-18-15-8-4-3-5-9-15/h3-10,17H,11-12H2,1-2H3. The Morgan fingerprint density at radius 3 is 2.50 bits per heavy atom. The van der Waals surface area contributed by atoms with Gasteiger partial charge >= 0.3 is 0 Å². The van der Waals surface area contributed by atoms with Crippen LogP contribution in [0, 0.1) is 13.8 Å². The van der Waals surface area contributed by atoms with Crippen molar-refractivity contribution in [2.24, 2.45) is 0 Å². The van der Waals surface area contributed by atoms with Gasteiger partial charge in [-0.05, 0) is 43.2 Å². The Balaban J connectivity index is 1.81. The topological polar surface area (TPSA) is 12.0 Å². The molecular weight excluding hydrogens is 238 g/mol. The predicted molar refractivity (Wildman–Crippen MR) is 81.6 cm³/mol. The lowest BCUT2D eigenvalue weighted by Crippen LogP contribution is -2.05. The van der Waals surface area contributed by atoms with Gasteiger partial charge in [-0.1, -0.05) is 30.3 Å². The first-order valence-corrected chi connectivity index (χ1v) is 7.24. The highest BCUT2D eigenvalue weighted by molar-refractivity contribution is 7.99. The van der Waals surface area contributed by atoms with E-state index in [1.54, 1.807) is 0 Å². The van der Waals surface area contributed by atoms with Crippen molar-refractivity contribution >= 4 is 17.4 Å². The van der Waals surface area contributed by atoms with E-state index in [1.807, 2.05) is 11.8 Å². The van der Waals surface area contributed by atoms with E-state index in [-0.39, 0.29) is 0 Å². The molecular formula is C16H19NS. The van der Waals surface area contributed by atoms with E-state index in [4.69, 9.17) is 0 Å². The number of anilines is 1. The van der Waals surface area contributed by atoms with Gasteiger partial charge in [0.2, 0.25) is 0 Å². The average molecular weight is 257 g/mol. The molecule has 2 heteroatoms. The zero-order valence-electron chi connectivity index (χ0n) is 10.9. The van der Waals surface area contributed by atoms with Crippen LogP contribution in [-0.4, -0.2) is 12.3 Å². The summed E-state index contributed by atoms with van der Waals surface area (Å²) in [5, 5.41) is 3.50. The van der Waals surface area contributed by atoms with Crippen molar-refractivity contribution in [2.45, 2.75) is 18.7 Å². The highest BCUT2D eigenvalue weighted by atomic mass is 32.2. The molecule has 0 atom stereocenters. The molecule has 0 fully saturated rings. The van der Waals surface area contributed by atoms with E-state index in [1.165, 1.54) is 21.7 Å². The van der Waals surface area contributed by atoms with Gasteiger partial charge < -0.3 is 5.32 Å². The van der Waals surface area contributed by atoms with E-state index >= 15 is 0 Å².